The third-order valence-electron chi connectivity index (χ3n) is 4.79. The van der Waals surface area contributed by atoms with Crippen molar-refractivity contribution < 1.29 is 18.0 Å². The zero-order valence-electron chi connectivity index (χ0n) is 15.7. The Morgan fingerprint density at radius 1 is 1.17 bits per heavy atom. The number of hydrogen-bond acceptors (Lipinski definition) is 5. The normalized spacial score (nSPS) is 18.8. The topological polar surface area (TPSA) is 70.2 Å². The number of fused-ring (bicyclic) bond motifs is 1. The van der Waals surface area contributed by atoms with Crippen molar-refractivity contribution >= 4 is 5.91 Å². The molecule has 2 atom stereocenters. The van der Waals surface area contributed by atoms with Crippen molar-refractivity contribution in [1.29, 1.82) is 0 Å². The van der Waals surface area contributed by atoms with Crippen LogP contribution in [0, 0.1) is 0 Å². The number of amides is 1. The first-order valence-corrected chi connectivity index (χ1v) is 9.24. The van der Waals surface area contributed by atoms with Gasteiger partial charge >= 0.3 is 6.18 Å². The van der Waals surface area contributed by atoms with Crippen molar-refractivity contribution in [2.45, 2.75) is 24.8 Å². The molecule has 0 saturated carbocycles. The van der Waals surface area contributed by atoms with E-state index >= 15 is 0 Å². The summed E-state index contributed by atoms with van der Waals surface area (Å²) in [4.78, 5) is 22.5. The van der Waals surface area contributed by atoms with Gasteiger partial charge in [0.05, 0.1) is 5.70 Å². The predicted molar refractivity (Wildman–Crippen MR) is 103 cm³/mol. The van der Waals surface area contributed by atoms with Gasteiger partial charge in [0.25, 0.3) is 5.91 Å². The molecule has 0 aromatic carbocycles. The van der Waals surface area contributed by atoms with E-state index < -0.39 is 18.1 Å². The third kappa shape index (κ3) is 4.05. The number of rotatable bonds is 5. The minimum Gasteiger partial charge on any atom is -0.358 e. The fourth-order valence-electron chi connectivity index (χ4n) is 3.43. The van der Waals surface area contributed by atoms with Gasteiger partial charge in [-0.1, -0.05) is 18.2 Å². The summed E-state index contributed by atoms with van der Waals surface area (Å²) in [6, 6.07) is 4.22. The van der Waals surface area contributed by atoms with Crippen molar-refractivity contribution in [3.63, 3.8) is 0 Å². The molecule has 2 N–H and O–H groups in total. The highest BCUT2D eigenvalue weighted by Crippen LogP contribution is 2.33. The van der Waals surface area contributed by atoms with E-state index in [9.17, 15) is 18.0 Å². The number of halogens is 3. The zero-order valence-corrected chi connectivity index (χ0v) is 15.7. The number of nitrogens with one attached hydrogen (secondary N) is 2. The van der Waals surface area contributed by atoms with E-state index in [0.29, 0.717) is 12.1 Å². The SMILES string of the molecule is O=C(NC(c1cccnc1)C(F)(F)F)C1=C2C=CC=CN2C(Cc2cccnc2)N1. The van der Waals surface area contributed by atoms with E-state index in [1.165, 1.54) is 18.3 Å². The van der Waals surface area contributed by atoms with Gasteiger partial charge in [0.2, 0.25) is 0 Å². The fourth-order valence-corrected chi connectivity index (χ4v) is 3.43. The second-order valence-corrected chi connectivity index (χ2v) is 6.83. The molecule has 2 aromatic heterocycles. The second-order valence-electron chi connectivity index (χ2n) is 6.83. The summed E-state index contributed by atoms with van der Waals surface area (Å²) in [6.45, 7) is 0. The molecule has 30 heavy (non-hydrogen) atoms. The van der Waals surface area contributed by atoms with Crippen LogP contribution >= 0.6 is 0 Å². The van der Waals surface area contributed by atoms with E-state index in [0.717, 1.165) is 11.8 Å². The van der Waals surface area contributed by atoms with E-state index in [4.69, 9.17) is 0 Å². The summed E-state index contributed by atoms with van der Waals surface area (Å²) < 4.78 is 40.9. The van der Waals surface area contributed by atoms with Crippen molar-refractivity contribution in [2.24, 2.45) is 0 Å². The molecule has 0 fully saturated rings. The van der Waals surface area contributed by atoms with E-state index in [1.54, 1.807) is 42.9 Å². The molecule has 0 bridgehead atoms. The third-order valence-corrected chi connectivity index (χ3v) is 4.79. The van der Waals surface area contributed by atoms with Crippen LogP contribution in [0.4, 0.5) is 13.2 Å². The maximum absolute atomic E-state index is 13.6. The van der Waals surface area contributed by atoms with E-state index in [-0.39, 0.29) is 17.4 Å². The quantitative estimate of drug-likeness (QED) is 0.789. The van der Waals surface area contributed by atoms with Gasteiger partial charge in [-0.3, -0.25) is 14.8 Å². The van der Waals surface area contributed by atoms with Crippen LogP contribution in [0.2, 0.25) is 0 Å². The fraction of sp³-hybridized carbons (Fsp3) is 0.190. The Balaban J connectivity index is 1.58. The van der Waals surface area contributed by atoms with Crippen LogP contribution in [-0.4, -0.2) is 33.1 Å². The molecule has 4 rings (SSSR count). The molecule has 6 nitrogen and oxygen atoms in total. The second kappa shape index (κ2) is 8.02. The smallest absolute Gasteiger partial charge is 0.358 e. The molecule has 0 radical (unpaired) electrons. The van der Waals surface area contributed by atoms with Crippen LogP contribution in [0.25, 0.3) is 0 Å². The monoisotopic (exact) mass is 413 g/mol. The predicted octanol–water partition coefficient (Wildman–Crippen LogP) is 2.97. The van der Waals surface area contributed by atoms with Gasteiger partial charge in [0.15, 0.2) is 6.04 Å². The number of aromatic nitrogens is 2. The van der Waals surface area contributed by atoms with Crippen LogP contribution in [0.15, 0.2) is 84.9 Å². The Kier molecular flexibility index (Phi) is 5.26. The van der Waals surface area contributed by atoms with Crippen LogP contribution in [0.5, 0.6) is 0 Å². The van der Waals surface area contributed by atoms with Crippen LogP contribution in [0.3, 0.4) is 0 Å². The minimum atomic E-state index is -4.67. The zero-order chi connectivity index (χ0) is 21.1. The Bertz CT molecular complexity index is 1000. The van der Waals surface area contributed by atoms with Crippen molar-refractivity contribution in [2.75, 3.05) is 0 Å². The largest absolute Gasteiger partial charge is 0.412 e. The summed E-state index contributed by atoms with van der Waals surface area (Å²) >= 11 is 0. The molecule has 2 unspecified atom stereocenters. The van der Waals surface area contributed by atoms with Crippen molar-refractivity contribution in [3.8, 4) is 0 Å². The Morgan fingerprint density at radius 3 is 2.60 bits per heavy atom. The number of carbonyl (C=O) groups is 1. The molecule has 0 saturated heterocycles. The van der Waals surface area contributed by atoms with E-state index in [2.05, 4.69) is 20.6 Å². The molecule has 1 amide bonds. The van der Waals surface area contributed by atoms with Crippen LogP contribution in [-0.2, 0) is 11.2 Å². The molecule has 0 aliphatic carbocycles. The van der Waals surface area contributed by atoms with Gasteiger partial charge in [-0.2, -0.15) is 13.2 Å². The molecule has 154 valence electrons. The lowest BCUT2D eigenvalue weighted by molar-refractivity contribution is -0.162. The lowest BCUT2D eigenvalue weighted by atomic mass is 10.1. The number of carbonyl (C=O) groups excluding carboxylic acids is 1. The maximum atomic E-state index is 13.6. The van der Waals surface area contributed by atoms with Gasteiger partial charge < -0.3 is 15.5 Å². The lowest BCUT2D eigenvalue weighted by Crippen LogP contribution is -2.42. The first kappa shape index (κ1) is 19.7. The average Bonchev–Trinajstić information content (AvgIpc) is 3.11. The number of nitrogens with zero attached hydrogens (tertiary/aromatic N) is 3. The number of alkyl halides is 3. The highest BCUT2D eigenvalue weighted by Gasteiger charge is 2.43. The molecule has 2 aromatic rings. The molecular formula is C21H18F3N5O. The number of pyridine rings is 2. The average molecular weight is 413 g/mol. The van der Waals surface area contributed by atoms with Gasteiger partial charge in [-0.15, -0.1) is 0 Å². The first-order valence-electron chi connectivity index (χ1n) is 9.24. The van der Waals surface area contributed by atoms with Crippen molar-refractivity contribution in [1.82, 2.24) is 25.5 Å². The minimum absolute atomic E-state index is 0.0858. The maximum Gasteiger partial charge on any atom is 0.412 e. The summed E-state index contributed by atoms with van der Waals surface area (Å²) in [5, 5.41) is 5.18. The molecule has 9 heteroatoms. The summed E-state index contributed by atoms with van der Waals surface area (Å²) in [5.74, 6) is -0.838. The molecular weight excluding hydrogens is 395 g/mol. The highest BCUT2D eigenvalue weighted by atomic mass is 19.4. The standard InChI is InChI=1S/C21H18F3N5O/c22-21(23,24)19(15-6-4-9-26-13-15)28-20(30)18-16-7-1-2-10-29(16)17(27-18)11-14-5-3-8-25-12-14/h1-10,12-13,17,19,27H,11H2,(H,28,30). The summed E-state index contributed by atoms with van der Waals surface area (Å²) in [6.07, 6.45) is 8.38. The Hall–Kier alpha value is -3.62. The van der Waals surface area contributed by atoms with Gasteiger partial charge in [0.1, 0.15) is 11.9 Å². The van der Waals surface area contributed by atoms with Gasteiger partial charge in [-0.05, 0) is 29.8 Å². The summed E-state index contributed by atoms with van der Waals surface area (Å²) in [5.41, 5.74) is 1.39. The van der Waals surface area contributed by atoms with Crippen molar-refractivity contribution in [3.05, 3.63) is 96.0 Å². The molecule has 0 spiro atoms. The van der Waals surface area contributed by atoms with E-state index in [1.807, 2.05) is 11.0 Å². The number of allylic oxidation sites excluding steroid dienone is 3. The number of hydrogen-bond donors (Lipinski definition) is 2. The lowest BCUT2D eigenvalue weighted by Gasteiger charge is -2.25. The van der Waals surface area contributed by atoms with Gasteiger partial charge in [-0.25, -0.2) is 0 Å². The van der Waals surface area contributed by atoms with Crippen LogP contribution < -0.4 is 10.6 Å². The van der Waals surface area contributed by atoms with Crippen LogP contribution in [0.1, 0.15) is 17.2 Å². The highest BCUT2D eigenvalue weighted by molar-refractivity contribution is 5.95. The molecule has 2 aliphatic heterocycles. The molecule has 4 heterocycles. The van der Waals surface area contributed by atoms with Gasteiger partial charge in [0, 0.05) is 43.0 Å². The Labute approximate surface area is 170 Å². The Morgan fingerprint density at radius 2 is 1.93 bits per heavy atom. The first-order chi connectivity index (χ1) is 14.4. The summed E-state index contributed by atoms with van der Waals surface area (Å²) in [7, 11) is 0. The molecule has 2 aliphatic rings.